The van der Waals surface area contributed by atoms with Crippen LogP contribution in [0.25, 0.3) is 0 Å². The van der Waals surface area contributed by atoms with Crippen LogP contribution in [-0.2, 0) is 9.59 Å². The van der Waals surface area contributed by atoms with E-state index in [4.69, 9.17) is 5.73 Å². The van der Waals surface area contributed by atoms with Gasteiger partial charge < -0.3 is 16.4 Å². The van der Waals surface area contributed by atoms with E-state index in [1.807, 2.05) is 0 Å². The van der Waals surface area contributed by atoms with Gasteiger partial charge in [0.15, 0.2) is 0 Å². The molecule has 1 aliphatic rings. The van der Waals surface area contributed by atoms with E-state index in [1.165, 1.54) is 0 Å². The molecular weight excluding hydrogens is 158 g/mol. The number of hydrogen-bond acceptors (Lipinski definition) is 3. The highest BCUT2D eigenvalue weighted by Crippen LogP contribution is 2.04. The van der Waals surface area contributed by atoms with E-state index in [0.29, 0.717) is 13.0 Å². The summed E-state index contributed by atoms with van der Waals surface area (Å²) in [5, 5.41) is 5.63. The van der Waals surface area contributed by atoms with Crippen molar-refractivity contribution in [1.82, 2.24) is 10.6 Å². The van der Waals surface area contributed by atoms with Crippen molar-refractivity contribution in [2.45, 2.75) is 18.9 Å². The molecule has 1 fully saturated rings. The average Bonchev–Trinajstić information content (AvgIpc) is 2.35. The molecule has 1 saturated heterocycles. The molecule has 0 aliphatic carbocycles. The van der Waals surface area contributed by atoms with E-state index in [0.717, 1.165) is 6.42 Å². The summed E-state index contributed by atoms with van der Waals surface area (Å²) in [6, 6.07) is 0.164. The second kappa shape index (κ2) is 4.06. The molecule has 0 aromatic rings. The highest BCUT2D eigenvalue weighted by molar-refractivity contribution is 5.78. The number of hydrogen-bond donors (Lipinski definition) is 3. The Hall–Kier alpha value is -1.10. The minimum absolute atomic E-state index is 0.0841. The Morgan fingerprint density at radius 1 is 1.75 bits per heavy atom. The summed E-state index contributed by atoms with van der Waals surface area (Å²) in [5.41, 5.74) is 4.92. The number of primary amides is 1. The third-order valence-corrected chi connectivity index (χ3v) is 1.77. The molecule has 0 saturated carbocycles. The number of carbonyl (C=O) groups is 2. The fourth-order valence-corrected chi connectivity index (χ4v) is 1.20. The summed E-state index contributed by atoms with van der Waals surface area (Å²) in [5.74, 6) is -0.291. The number of carbonyl (C=O) groups excluding carboxylic acids is 2. The van der Waals surface area contributed by atoms with Crippen molar-refractivity contribution in [2.75, 3.05) is 13.1 Å². The van der Waals surface area contributed by atoms with Crippen LogP contribution in [0, 0.1) is 0 Å². The lowest BCUT2D eigenvalue weighted by molar-refractivity contribution is -0.119. The lowest BCUT2D eigenvalue weighted by Gasteiger charge is -2.09. The number of nitrogens with two attached hydrogens (primary N) is 1. The molecule has 0 spiro atoms. The van der Waals surface area contributed by atoms with Gasteiger partial charge in [0.2, 0.25) is 11.8 Å². The van der Waals surface area contributed by atoms with E-state index < -0.39 is 0 Å². The molecule has 68 valence electrons. The van der Waals surface area contributed by atoms with Gasteiger partial charge in [0.1, 0.15) is 0 Å². The van der Waals surface area contributed by atoms with Gasteiger partial charge in [-0.2, -0.15) is 0 Å². The Kier molecular flexibility index (Phi) is 3.04. The second-order valence-corrected chi connectivity index (χ2v) is 2.90. The highest BCUT2D eigenvalue weighted by Gasteiger charge is 2.19. The number of nitrogens with one attached hydrogen (secondary N) is 2. The summed E-state index contributed by atoms with van der Waals surface area (Å²) in [6.45, 7) is 0.793. The molecule has 0 aromatic carbocycles. The number of amides is 2. The molecule has 5 nitrogen and oxygen atoms in total. The van der Waals surface area contributed by atoms with Crippen LogP contribution in [0.5, 0.6) is 0 Å². The standard InChI is InChI=1S/C7H13N3O2/c8-6(11)4-9-3-5-1-2-7(12)10-5/h5,9H,1-4H2,(H2,8,11)(H,10,12). The molecule has 0 bridgehead atoms. The first-order valence-corrected chi connectivity index (χ1v) is 3.97. The van der Waals surface area contributed by atoms with E-state index in [-0.39, 0.29) is 24.4 Å². The van der Waals surface area contributed by atoms with Gasteiger partial charge in [-0.3, -0.25) is 9.59 Å². The minimum Gasteiger partial charge on any atom is -0.369 e. The van der Waals surface area contributed by atoms with Crippen LogP contribution in [0.15, 0.2) is 0 Å². The summed E-state index contributed by atoms with van der Waals surface area (Å²) < 4.78 is 0. The zero-order valence-corrected chi connectivity index (χ0v) is 6.80. The first kappa shape index (κ1) is 8.99. The Bertz CT molecular complexity index is 193. The Balaban J connectivity index is 2.08. The topological polar surface area (TPSA) is 84.2 Å². The molecule has 12 heavy (non-hydrogen) atoms. The third-order valence-electron chi connectivity index (χ3n) is 1.77. The van der Waals surface area contributed by atoms with Crippen LogP contribution in [0.2, 0.25) is 0 Å². The first-order chi connectivity index (χ1) is 5.68. The van der Waals surface area contributed by atoms with Crippen LogP contribution in [0.1, 0.15) is 12.8 Å². The fraction of sp³-hybridized carbons (Fsp3) is 0.714. The van der Waals surface area contributed by atoms with Crippen molar-refractivity contribution in [3.63, 3.8) is 0 Å². The summed E-state index contributed by atoms with van der Waals surface area (Å²) >= 11 is 0. The van der Waals surface area contributed by atoms with E-state index in [9.17, 15) is 9.59 Å². The van der Waals surface area contributed by atoms with E-state index in [1.54, 1.807) is 0 Å². The fourth-order valence-electron chi connectivity index (χ4n) is 1.20. The molecule has 1 rings (SSSR count). The molecule has 4 N–H and O–H groups in total. The van der Waals surface area contributed by atoms with Crippen LogP contribution >= 0.6 is 0 Å². The van der Waals surface area contributed by atoms with Crippen molar-refractivity contribution in [3.05, 3.63) is 0 Å². The molecule has 2 amide bonds. The normalized spacial score (nSPS) is 22.3. The van der Waals surface area contributed by atoms with E-state index >= 15 is 0 Å². The van der Waals surface area contributed by atoms with Crippen molar-refractivity contribution in [1.29, 1.82) is 0 Å². The second-order valence-electron chi connectivity index (χ2n) is 2.90. The van der Waals surface area contributed by atoms with Crippen molar-refractivity contribution < 1.29 is 9.59 Å². The first-order valence-electron chi connectivity index (χ1n) is 3.97. The van der Waals surface area contributed by atoms with Crippen LogP contribution < -0.4 is 16.4 Å². The molecule has 1 atom stereocenters. The van der Waals surface area contributed by atoms with Crippen LogP contribution in [0.4, 0.5) is 0 Å². The van der Waals surface area contributed by atoms with Gasteiger partial charge in [-0.15, -0.1) is 0 Å². The maximum atomic E-state index is 10.7. The summed E-state index contributed by atoms with van der Waals surface area (Å²) in [7, 11) is 0. The third kappa shape index (κ3) is 2.87. The maximum absolute atomic E-state index is 10.7. The van der Waals surface area contributed by atoms with Gasteiger partial charge in [-0.25, -0.2) is 0 Å². The monoisotopic (exact) mass is 171 g/mol. The SMILES string of the molecule is NC(=O)CNCC1CCC(=O)N1. The zero-order chi connectivity index (χ0) is 8.97. The lowest BCUT2D eigenvalue weighted by Crippen LogP contribution is -2.39. The van der Waals surface area contributed by atoms with E-state index in [2.05, 4.69) is 10.6 Å². The van der Waals surface area contributed by atoms with Gasteiger partial charge in [-0.1, -0.05) is 0 Å². The molecular formula is C7H13N3O2. The van der Waals surface area contributed by atoms with Crippen molar-refractivity contribution in [3.8, 4) is 0 Å². The van der Waals surface area contributed by atoms with Gasteiger partial charge in [0, 0.05) is 19.0 Å². The van der Waals surface area contributed by atoms with Gasteiger partial charge >= 0.3 is 0 Å². The largest absolute Gasteiger partial charge is 0.369 e. The van der Waals surface area contributed by atoms with Gasteiger partial charge in [0.05, 0.1) is 6.54 Å². The highest BCUT2D eigenvalue weighted by atomic mass is 16.2. The summed E-state index contributed by atoms with van der Waals surface area (Å²) in [4.78, 5) is 21.0. The molecule has 1 heterocycles. The van der Waals surface area contributed by atoms with Gasteiger partial charge in [0.25, 0.3) is 0 Å². The lowest BCUT2D eigenvalue weighted by atomic mass is 10.2. The van der Waals surface area contributed by atoms with Crippen LogP contribution in [0.3, 0.4) is 0 Å². The molecule has 5 heteroatoms. The molecule has 1 unspecified atom stereocenters. The summed E-state index contributed by atoms with van der Waals surface area (Å²) in [6.07, 6.45) is 1.42. The quantitative estimate of drug-likeness (QED) is 0.473. The number of rotatable bonds is 4. The van der Waals surface area contributed by atoms with Gasteiger partial charge in [-0.05, 0) is 6.42 Å². The maximum Gasteiger partial charge on any atom is 0.231 e. The van der Waals surface area contributed by atoms with Crippen LogP contribution in [-0.4, -0.2) is 30.9 Å². The molecule has 0 radical (unpaired) electrons. The predicted molar refractivity (Wildman–Crippen MR) is 43.2 cm³/mol. The Labute approximate surface area is 70.7 Å². The van der Waals surface area contributed by atoms with Crippen molar-refractivity contribution >= 4 is 11.8 Å². The Morgan fingerprint density at radius 3 is 3.00 bits per heavy atom. The predicted octanol–water partition coefficient (Wildman–Crippen LogP) is -1.66. The average molecular weight is 171 g/mol. The zero-order valence-electron chi connectivity index (χ0n) is 6.80. The minimum atomic E-state index is -0.376. The molecule has 0 aromatic heterocycles. The van der Waals surface area contributed by atoms with Crippen molar-refractivity contribution in [2.24, 2.45) is 5.73 Å². The smallest absolute Gasteiger partial charge is 0.231 e. The molecule has 1 aliphatic heterocycles. The Morgan fingerprint density at radius 2 is 2.50 bits per heavy atom.